The second-order valence-electron chi connectivity index (χ2n) is 19.5. The van der Waals surface area contributed by atoms with Gasteiger partial charge in [0.25, 0.3) is 0 Å². The topological polar surface area (TPSA) is 18.5 Å². The maximum atomic E-state index is 3.77. The van der Waals surface area contributed by atoms with Gasteiger partial charge in [-0.3, -0.25) is 9.80 Å². The van der Waals surface area contributed by atoms with Crippen LogP contribution in [0.25, 0.3) is 0 Å². The molecule has 4 atom stereocenters. The van der Waals surface area contributed by atoms with Crippen molar-refractivity contribution in [2.24, 2.45) is 33.5 Å². The average Bonchev–Trinajstić information content (AvgIpc) is 3.45. The Morgan fingerprint density at radius 2 is 0.692 bits per heavy atom. The van der Waals surface area contributed by atoms with Crippen molar-refractivity contribution in [3.63, 3.8) is 0 Å². The predicted molar refractivity (Wildman–Crippen MR) is 177 cm³/mol. The molecule has 0 spiro atoms. The van der Waals surface area contributed by atoms with Gasteiger partial charge in [0, 0.05) is 36.3 Å². The van der Waals surface area contributed by atoms with Gasteiger partial charge in [0.1, 0.15) is 0 Å². The fourth-order valence-corrected chi connectivity index (χ4v) is 6.26. The molecule has 3 saturated heterocycles. The Labute approximate surface area is 248 Å². The van der Waals surface area contributed by atoms with E-state index >= 15 is 0 Å². The first kappa shape index (κ1) is 36.9. The highest BCUT2D eigenvalue weighted by Gasteiger charge is 2.38. The van der Waals surface area contributed by atoms with Crippen LogP contribution in [-0.4, -0.2) is 59.1 Å². The van der Waals surface area contributed by atoms with Crippen LogP contribution in [0, 0.1) is 33.5 Å². The summed E-state index contributed by atoms with van der Waals surface area (Å²) >= 11 is 0. The summed E-state index contributed by atoms with van der Waals surface area (Å²) in [5.41, 5.74) is 2.53. The standard InChI is InChI=1S/3C12H25N/c2*1-11(2,3)10-7-8-13(9-10)12(4,5)6;1-11(2,3)9-7-8-10(13-9)12(4,5)6/h2*10H,7-9H2,1-6H3;9-10,13H,7-8H2,1-6H3. The van der Waals surface area contributed by atoms with E-state index in [9.17, 15) is 0 Å². The van der Waals surface area contributed by atoms with Crippen LogP contribution in [0.3, 0.4) is 0 Å². The number of likely N-dealkylation sites (tertiary alicyclic amines) is 2. The van der Waals surface area contributed by atoms with Gasteiger partial charge in [-0.25, -0.2) is 0 Å². The Morgan fingerprint density at radius 3 is 0.821 bits per heavy atom. The monoisotopic (exact) mass is 550 g/mol. The molecule has 3 fully saturated rings. The van der Waals surface area contributed by atoms with Crippen LogP contribution < -0.4 is 5.32 Å². The average molecular weight is 550 g/mol. The predicted octanol–water partition coefficient (Wildman–Crippen LogP) is 9.51. The maximum absolute atomic E-state index is 3.77. The Bertz CT molecular complexity index is 551. The zero-order valence-electron chi connectivity index (χ0n) is 30.4. The molecule has 3 rings (SSSR count). The van der Waals surface area contributed by atoms with Crippen molar-refractivity contribution in [3.8, 4) is 0 Å². The Hall–Kier alpha value is -0.120. The lowest BCUT2D eigenvalue weighted by Gasteiger charge is -2.33. The van der Waals surface area contributed by atoms with E-state index in [-0.39, 0.29) is 0 Å². The summed E-state index contributed by atoms with van der Waals surface area (Å²) in [6.45, 7) is 47.2. The zero-order chi connectivity index (χ0) is 30.8. The van der Waals surface area contributed by atoms with E-state index in [0.29, 0.717) is 44.8 Å². The first-order valence-electron chi connectivity index (χ1n) is 16.4. The van der Waals surface area contributed by atoms with Gasteiger partial charge in [-0.05, 0) is 114 Å². The van der Waals surface area contributed by atoms with E-state index in [4.69, 9.17) is 0 Å². The normalized spacial score (nSPS) is 28.2. The van der Waals surface area contributed by atoms with Crippen molar-refractivity contribution in [1.29, 1.82) is 0 Å². The number of hydrogen-bond donors (Lipinski definition) is 1. The molecule has 0 aliphatic carbocycles. The van der Waals surface area contributed by atoms with Gasteiger partial charge in [-0.15, -0.1) is 0 Å². The smallest absolute Gasteiger partial charge is 0.0125 e. The molecule has 3 heteroatoms. The lowest BCUT2D eigenvalue weighted by Crippen LogP contribution is -2.43. The largest absolute Gasteiger partial charge is 0.310 e. The zero-order valence-corrected chi connectivity index (χ0v) is 30.4. The third-order valence-corrected chi connectivity index (χ3v) is 9.96. The van der Waals surface area contributed by atoms with Crippen molar-refractivity contribution >= 4 is 0 Å². The van der Waals surface area contributed by atoms with E-state index in [0.717, 1.165) is 11.8 Å². The van der Waals surface area contributed by atoms with Crippen LogP contribution in [0.1, 0.15) is 150 Å². The molecule has 0 aromatic rings. The minimum atomic E-state index is 0.361. The summed E-state index contributed by atoms with van der Waals surface area (Å²) in [7, 11) is 0. The molecule has 0 aromatic heterocycles. The quantitative estimate of drug-likeness (QED) is 0.324. The first-order valence-corrected chi connectivity index (χ1v) is 16.4. The summed E-state index contributed by atoms with van der Waals surface area (Å²) in [6.07, 6.45) is 5.43. The second-order valence-corrected chi connectivity index (χ2v) is 19.5. The van der Waals surface area contributed by atoms with Crippen LogP contribution in [-0.2, 0) is 0 Å². The van der Waals surface area contributed by atoms with Crippen molar-refractivity contribution in [2.45, 2.75) is 173 Å². The van der Waals surface area contributed by atoms with Crippen molar-refractivity contribution in [2.75, 3.05) is 26.2 Å². The van der Waals surface area contributed by atoms with E-state index < -0.39 is 0 Å². The van der Waals surface area contributed by atoms with Crippen molar-refractivity contribution < 1.29 is 0 Å². The molecule has 234 valence electrons. The summed E-state index contributed by atoms with van der Waals surface area (Å²) in [6, 6.07) is 1.41. The van der Waals surface area contributed by atoms with Gasteiger partial charge < -0.3 is 5.32 Å². The molecule has 0 bridgehead atoms. The third kappa shape index (κ3) is 12.3. The molecular formula is C36H75N3. The lowest BCUT2D eigenvalue weighted by molar-refractivity contribution is 0.148. The van der Waals surface area contributed by atoms with Crippen LogP contribution in [0.15, 0.2) is 0 Å². The van der Waals surface area contributed by atoms with E-state index in [1.165, 1.54) is 51.9 Å². The molecule has 4 unspecified atom stereocenters. The first-order chi connectivity index (χ1) is 17.1. The minimum absolute atomic E-state index is 0.361. The van der Waals surface area contributed by atoms with Crippen LogP contribution in [0.5, 0.6) is 0 Å². The van der Waals surface area contributed by atoms with Crippen LogP contribution in [0.2, 0.25) is 0 Å². The van der Waals surface area contributed by atoms with Crippen LogP contribution >= 0.6 is 0 Å². The van der Waals surface area contributed by atoms with Gasteiger partial charge in [-0.2, -0.15) is 0 Å². The molecule has 3 nitrogen and oxygen atoms in total. The van der Waals surface area contributed by atoms with Crippen molar-refractivity contribution in [3.05, 3.63) is 0 Å². The van der Waals surface area contributed by atoms with Crippen molar-refractivity contribution in [1.82, 2.24) is 15.1 Å². The molecule has 0 aromatic carbocycles. The number of nitrogens with zero attached hydrogens (tertiary/aromatic N) is 2. The van der Waals surface area contributed by atoms with Crippen LogP contribution in [0.4, 0.5) is 0 Å². The fraction of sp³-hybridized carbons (Fsp3) is 1.00. The lowest BCUT2D eigenvalue weighted by atomic mass is 9.80. The molecule has 0 radical (unpaired) electrons. The minimum Gasteiger partial charge on any atom is -0.310 e. The molecule has 0 amide bonds. The molecule has 39 heavy (non-hydrogen) atoms. The van der Waals surface area contributed by atoms with E-state index in [2.05, 4.69) is 140 Å². The Balaban J connectivity index is 0.000000292. The third-order valence-electron chi connectivity index (χ3n) is 9.96. The summed E-state index contributed by atoms with van der Waals surface area (Å²) in [5.74, 6) is 1.76. The molecule has 3 heterocycles. The highest BCUT2D eigenvalue weighted by atomic mass is 15.2. The Morgan fingerprint density at radius 1 is 0.410 bits per heavy atom. The molecule has 1 N–H and O–H groups in total. The maximum Gasteiger partial charge on any atom is 0.0125 e. The van der Waals surface area contributed by atoms with Gasteiger partial charge in [0.15, 0.2) is 0 Å². The SMILES string of the molecule is CC(C)(C)C1CCC(C(C)(C)C)N1.CC(C)(C)C1CCN(C(C)(C)C)C1.CC(C)(C)C1CCN(C(C)(C)C)C1. The Kier molecular flexibility index (Phi) is 12.3. The highest BCUT2D eigenvalue weighted by Crippen LogP contribution is 2.37. The summed E-state index contributed by atoms with van der Waals surface area (Å²) < 4.78 is 0. The fourth-order valence-electron chi connectivity index (χ4n) is 6.26. The highest BCUT2D eigenvalue weighted by molar-refractivity contribution is 4.95. The van der Waals surface area contributed by atoms with E-state index in [1.54, 1.807) is 0 Å². The summed E-state index contributed by atoms with van der Waals surface area (Å²) in [5, 5.41) is 3.77. The van der Waals surface area contributed by atoms with Gasteiger partial charge in [-0.1, -0.05) is 83.1 Å². The number of nitrogens with one attached hydrogen (secondary N) is 1. The van der Waals surface area contributed by atoms with Gasteiger partial charge in [0.2, 0.25) is 0 Å². The number of hydrogen-bond acceptors (Lipinski definition) is 3. The molecule has 3 aliphatic heterocycles. The number of rotatable bonds is 0. The van der Waals surface area contributed by atoms with Gasteiger partial charge in [0.05, 0.1) is 0 Å². The van der Waals surface area contributed by atoms with Gasteiger partial charge >= 0.3 is 0 Å². The summed E-state index contributed by atoms with van der Waals surface area (Å²) in [4.78, 5) is 5.23. The second kappa shape index (κ2) is 13.0. The van der Waals surface area contributed by atoms with E-state index in [1.807, 2.05) is 0 Å². The molecule has 3 aliphatic rings. The molecule has 0 saturated carbocycles. The molecular weight excluding hydrogens is 474 g/mol.